The number of hydrogen-bond donors (Lipinski definition) is 1. The van der Waals surface area contributed by atoms with Gasteiger partial charge in [-0.1, -0.05) is 18.2 Å². The summed E-state index contributed by atoms with van der Waals surface area (Å²) in [6, 6.07) is 7.97. The van der Waals surface area contributed by atoms with Crippen molar-refractivity contribution in [3.63, 3.8) is 0 Å². The Labute approximate surface area is 100 Å². The van der Waals surface area contributed by atoms with Crippen LogP contribution in [-0.2, 0) is 11.2 Å². The summed E-state index contributed by atoms with van der Waals surface area (Å²) in [5.41, 5.74) is 2.09. The zero-order chi connectivity index (χ0) is 12.3. The molecule has 90 valence electrons. The average molecular weight is 232 g/mol. The molecule has 0 saturated carbocycles. The van der Waals surface area contributed by atoms with Gasteiger partial charge in [0.2, 0.25) is 0 Å². The zero-order valence-electron chi connectivity index (χ0n) is 9.90. The van der Waals surface area contributed by atoms with Gasteiger partial charge in [0, 0.05) is 18.2 Å². The van der Waals surface area contributed by atoms with Gasteiger partial charge in [0.25, 0.3) is 0 Å². The number of carboxylic acid groups (broad SMARTS) is 1. The van der Waals surface area contributed by atoms with E-state index in [2.05, 4.69) is 13.0 Å². The fraction of sp³-hybridized carbons (Fsp3) is 0.357. The average Bonchev–Trinajstić information content (AvgIpc) is 2.63. The molecule has 0 aliphatic rings. The van der Waals surface area contributed by atoms with E-state index < -0.39 is 5.97 Å². The minimum Gasteiger partial charge on any atom is -0.481 e. The molecule has 17 heavy (non-hydrogen) atoms. The lowest BCUT2D eigenvalue weighted by molar-refractivity contribution is -0.137. The van der Waals surface area contributed by atoms with Crippen molar-refractivity contribution in [3.8, 4) is 0 Å². The molecule has 1 aromatic carbocycles. The number of aryl methyl sites for hydroxylation is 2. The van der Waals surface area contributed by atoms with Crippen LogP contribution in [0.3, 0.4) is 0 Å². The van der Waals surface area contributed by atoms with Crippen molar-refractivity contribution in [1.29, 1.82) is 0 Å². The highest BCUT2D eigenvalue weighted by Gasteiger charge is 2.09. The highest BCUT2D eigenvalue weighted by Crippen LogP contribution is 2.26. The molecule has 0 spiro atoms. The van der Waals surface area contributed by atoms with Gasteiger partial charge in [-0.15, -0.1) is 0 Å². The standard InChI is InChI=1S/C14H16O3/c1-10-11-6-2-3-8-13(11)17-12(10)7-4-5-9-14(15)16/h2-3,6,8H,4-5,7,9H2,1H3,(H,15,16). The Bertz CT molecular complexity index is 525. The lowest BCUT2D eigenvalue weighted by Gasteiger charge is -1.97. The van der Waals surface area contributed by atoms with Gasteiger partial charge in [-0.3, -0.25) is 4.79 Å². The highest BCUT2D eigenvalue weighted by molar-refractivity contribution is 5.81. The number of fused-ring (bicyclic) bond motifs is 1. The molecular formula is C14H16O3. The van der Waals surface area contributed by atoms with Crippen molar-refractivity contribution in [2.24, 2.45) is 0 Å². The van der Waals surface area contributed by atoms with Crippen LogP contribution < -0.4 is 0 Å². The van der Waals surface area contributed by atoms with Gasteiger partial charge in [-0.05, 0) is 31.4 Å². The van der Waals surface area contributed by atoms with Crippen molar-refractivity contribution in [2.45, 2.75) is 32.6 Å². The lowest BCUT2D eigenvalue weighted by Crippen LogP contribution is -1.94. The molecule has 2 aromatic rings. The number of carbonyl (C=O) groups is 1. The monoisotopic (exact) mass is 232 g/mol. The second-order valence-electron chi connectivity index (χ2n) is 4.25. The number of para-hydroxylation sites is 1. The van der Waals surface area contributed by atoms with E-state index in [1.807, 2.05) is 18.2 Å². The third-order valence-electron chi connectivity index (χ3n) is 2.99. The number of hydrogen-bond acceptors (Lipinski definition) is 2. The van der Waals surface area contributed by atoms with Gasteiger partial charge in [-0.25, -0.2) is 0 Å². The van der Waals surface area contributed by atoms with Crippen molar-refractivity contribution in [1.82, 2.24) is 0 Å². The quantitative estimate of drug-likeness (QED) is 0.802. The number of furan rings is 1. The molecule has 0 aliphatic heterocycles. The van der Waals surface area contributed by atoms with Gasteiger partial charge in [0.05, 0.1) is 0 Å². The van der Waals surface area contributed by atoms with Crippen molar-refractivity contribution in [2.75, 3.05) is 0 Å². The summed E-state index contributed by atoms with van der Waals surface area (Å²) >= 11 is 0. The van der Waals surface area contributed by atoms with Crippen LogP contribution in [0.2, 0.25) is 0 Å². The molecule has 0 atom stereocenters. The second-order valence-corrected chi connectivity index (χ2v) is 4.25. The Morgan fingerprint density at radius 1 is 1.29 bits per heavy atom. The minimum atomic E-state index is -0.730. The van der Waals surface area contributed by atoms with Gasteiger partial charge >= 0.3 is 5.97 Å². The fourth-order valence-corrected chi connectivity index (χ4v) is 2.03. The van der Waals surface area contributed by atoms with E-state index in [1.165, 1.54) is 5.56 Å². The van der Waals surface area contributed by atoms with E-state index >= 15 is 0 Å². The third kappa shape index (κ3) is 2.67. The number of benzene rings is 1. The summed E-state index contributed by atoms with van der Waals surface area (Å²) in [6.45, 7) is 2.05. The molecule has 0 unspecified atom stereocenters. The van der Waals surface area contributed by atoms with Crippen LogP contribution in [0.4, 0.5) is 0 Å². The molecule has 2 rings (SSSR count). The summed E-state index contributed by atoms with van der Waals surface area (Å²) in [7, 11) is 0. The maximum atomic E-state index is 10.4. The molecule has 1 heterocycles. The Morgan fingerprint density at radius 2 is 2.06 bits per heavy atom. The summed E-state index contributed by atoms with van der Waals surface area (Å²) < 4.78 is 5.76. The van der Waals surface area contributed by atoms with Crippen molar-refractivity contribution in [3.05, 3.63) is 35.6 Å². The summed E-state index contributed by atoms with van der Waals surface area (Å²) in [5.74, 6) is 0.253. The molecule has 3 heteroatoms. The minimum absolute atomic E-state index is 0.235. The Morgan fingerprint density at radius 3 is 2.76 bits per heavy atom. The van der Waals surface area contributed by atoms with Crippen LogP contribution in [-0.4, -0.2) is 11.1 Å². The SMILES string of the molecule is Cc1c(CCCCC(=O)O)oc2ccccc12. The van der Waals surface area contributed by atoms with Crippen LogP contribution in [0.5, 0.6) is 0 Å². The molecule has 0 bridgehead atoms. The first-order valence-electron chi connectivity index (χ1n) is 5.87. The Hall–Kier alpha value is -1.77. The Balaban J connectivity index is 2.04. The van der Waals surface area contributed by atoms with E-state index in [9.17, 15) is 4.79 Å². The highest BCUT2D eigenvalue weighted by atomic mass is 16.4. The maximum absolute atomic E-state index is 10.4. The van der Waals surface area contributed by atoms with Crippen LogP contribution in [0.25, 0.3) is 11.0 Å². The predicted octanol–water partition coefficient (Wildman–Crippen LogP) is 3.54. The van der Waals surface area contributed by atoms with Crippen molar-refractivity contribution < 1.29 is 14.3 Å². The summed E-state index contributed by atoms with van der Waals surface area (Å²) in [5, 5.41) is 9.71. The molecule has 0 aliphatic carbocycles. The van der Waals surface area contributed by atoms with E-state index in [1.54, 1.807) is 0 Å². The Kier molecular flexibility index (Phi) is 3.47. The molecular weight excluding hydrogens is 216 g/mol. The number of aliphatic carboxylic acids is 1. The van der Waals surface area contributed by atoms with E-state index in [0.717, 1.165) is 29.6 Å². The fourth-order valence-electron chi connectivity index (χ4n) is 2.03. The van der Waals surface area contributed by atoms with Gasteiger partial charge in [-0.2, -0.15) is 0 Å². The topological polar surface area (TPSA) is 50.4 Å². The molecule has 0 fully saturated rings. The third-order valence-corrected chi connectivity index (χ3v) is 2.99. The zero-order valence-corrected chi connectivity index (χ0v) is 9.90. The molecule has 1 N–H and O–H groups in total. The molecule has 0 saturated heterocycles. The molecule has 0 amide bonds. The lowest BCUT2D eigenvalue weighted by atomic mass is 10.1. The van der Waals surface area contributed by atoms with Crippen LogP contribution in [0, 0.1) is 6.92 Å². The van der Waals surface area contributed by atoms with E-state index in [0.29, 0.717) is 6.42 Å². The van der Waals surface area contributed by atoms with Crippen LogP contribution in [0.15, 0.2) is 28.7 Å². The van der Waals surface area contributed by atoms with Gasteiger partial charge in [0.1, 0.15) is 11.3 Å². The smallest absolute Gasteiger partial charge is 0.303 e. The maximum Gasteiger partial charge on any atom is 0.303 e. The number of rotatable bonds is 5. The normalized spacial score (nSPS) is 10.9. The first kappa shape index (κ1) is 11.7. The van der Waals surface area contributed by atoms with Gasteiger partial charge in [0.15, 0.2) is 0 Å². The van der Waals surface area contributed by atoms with Crippen LogP contribution >= 0.6 is 0 Å². The van der Waals surface area contributed by atoms with Crippen molar-refractivity contribution >= 4 is 16.9 Å². The van der Waals surface area contributed by atoms with E-state index in [4.69, 9.17) is 9.52 Å². The predicted molar refractivity (Wildman–Crippen MR) is 66.1 cm³/mol. The largest absolute Gasteiger partial charge is 0.481 e. The first-order chi connectivity index (χ1) is 8.18. The molecule has 3 nitrogen and oxygen atoms in total. The van der Waals surface area contributed by atoms with Crippen LogP contribution in [0.1, 0.15) is 30.6 Å². The second kappa shape index (κ2) is 5.04. The first-order valence-corrected chi connectivity index (χ1v) is 5.87. The van der Waals surface area contributed by atoms with E-state index in [-0.39, 0.29) is 6.42 Å². The summed E-state index contributed by atoms with van der Waals surface area (Å²) in [4.78, 5) is 10.4. The number of unbranched alkanes of at least 4 members (excludes halogenated alkanes) is 1. The summed E-state index contributed by atoms with van der Waals surface area (Å²) in [6.07, 6.45) is 2.60. The van der Waals surface area contributed by atoms with Gasteiger partial charge < -0.3 is 9.52 Å². The molecule has 1 aromatic heterocycles. The number of carboxylic acids is 1. The molecule has 0 radical (unpaired) electrons.